The van der Waals surface area contributed by atoms with Crippen LogP contribution in [0.1, 0.15) is 12.5 Å². The van der Waals surface area contributed by atoms with Gasteiger partial charge in [-0.3, -0.25) is 9.59 Å². The van der Waals surface area contributed by atoms with Gasteiger partial charge in [0, 0.05) is 18.2 Å². The summed E-state index contributed by atoms with van der Waals surface area (Å²) in [5.41, 5.74) is 2.17. The fraction of sp³-hybridized carbons (Fsp3) is 0.227. The molecule has 0 aliphatic heterocycles. The van der Waals surface area contributed by atoms with Crippen molar-refractivity contribution in [3.05, 3.63) is 82.4 Å². The van der Waals surface area contributed by atoms with Crippen LogP contribution in [0.4, 0.5) is 4.39 Å². The summed E-state index contributed by atoms with van der Waals surface area (Å²) in [6.45, 7) is 2.41. The summed E-state index contributed by atoms with van der Waals surface area (Å²) < 4.78 is 19.8. The molecule has 0 spiro atoms. The molecule has 0 radical (unpaired) electrons. The van der Waals surface area contributed by atoms with Crippen molar-refractivity contribution in [2.24, 2.45) is 0 Å². The molecule has 7 heteroatoms. The molecule has 1 aromatic heterocycles. The maximum Gasteiger partial charge on any atom is 0.266 e. The van der Waals surface area contributed by atoms with Gasteiger partial charge in [0.15, 0.2) is 6.61 Å². The van der Waals surface area contributed by atoms with Gasteiger partial charge in [-0.05, 0) is 54.4 Å². The highest BCUT2D eigenvalue weighted by Crippen LogP contribution is 2.15. The van der Waals surface area contributed by atoms with Crippen molar-refractivity contribution in [3.8, 4) is 17.0 Å². The Bertz CT molecular complexity index is 1010. The molecular formula is C22H22FN3O3. The van der Waals surface area contributed by atoms with Gasteiger partial charge in [-0.1, -0.05) is 19.1 Å². The van der Waals surface area contributed by atoms with Crippen molar-refractivity contribution in [3.63, 3.8) is 0 Å². The Morgan fingerprint density at radius 2 is 1.79 bits per heavy atom. The minimum atomic E-state index is -0.340. The molecule has 0 saturated carbocycles. The number of carbonyl (C=O) groups excluding carboxylic acids is 1. The van der Waals surface area contributed by atoms with Gasteiger partial charge in [0.05, 0.1) is 12.2 Å². The van der Waals surface area contributed by atoms with Crippen molar-refractivity contribution in [1.29, 1.82) is 0 Å². The normalized spacial score (nSPS) is 10.6. The standard InChI is InChI=1S/C22H22FN3O3/c1-2-16-3-9-19(10-4-16)29-15-21(27)24-13-14-26-22(28)12-11-20(25-26)17-5-7-18(23)8-6-17/h3-12H,2,13-15H2,1H3,(H,24,27). The molecule has 3 aromatic rings. The van der Waals surface area contributed by atoms with Crippen LogP contribution in [0.25, 0.3) is 11.3 Å². The number of amides is 1. The topological polar surface area (TPSA) is 73.2 Å². The van der Waals surface area contributed by atoms with Crippen LogP contribution in [-0.4, -0.2) is 28.8 Å². The smallest absolute Gasteiger partial charge is 0.266 e. The molecule has 1 heterocycles. The summed E-state index contributed by atoms with van der Waals surface area (Å²) >= 11 is 0. The van der Waals surface area contributed by atoms with E-state index in [1.54, 1.807) is 18.2 Å². The van der Waals surface area contributed by atoms with E-state index in [1.165, 1.54) is 28.4 Å². The molecule has 0 bridgehead atoms. The molecule has 29 heavy (non-hydrogen) atoms. The molecule has 0 aliphatic carbocycles. The molecule has 6 nitrogen and oxygen atoms in total. The number of aryl methyl sites for hydroxylation is 1. The van der Waals surface area contributed by atoms with Crippen molar-refractivity contribution >= 4 is 5.91 Å². The molecule has 3 rings (SSSR count). The van der Waals surface area contributed by atoms with E-state index >= 15 is 0 Å². The van der Waals surface area contributed by atoms with Gasteiger partial charge in [-0.25, -0.2) is 9.07 Å². The van der Waals surface area contributed by atoms with E-state index in [0.29, 0.717) is 17.0 Å². The van der Waals surface area contributed by atoms with E-state index in [2.05, 4.69) is 17.3 Å². The number of hydrogen-bond donors (Lipinski definition) is 1. The predicted molar refractivity (Wildman–Crippen MR) is 108 cm³/mol. The summed E-state index contributed by atoms with van der Waals surface area (Å²) in [5.74, 6) is 0.00264. The molecule has 0 saturated heterocycles. The first kappa shape index (κ1) is 20.3. The van der Waals surface area contributed by atoms with Gasteiger partial charge in [0.1, 0.15) is 11.6 Å². The Morgan fingerprint density at radius 3 is 2.48 bits per heavy atom. The van der Waals surface area contributed by atoms with Gasteiger partial charge in [-0.2, -0.15) is 5.10 Å². The minimum absolute atomic E-state index is 0.108. The van der Waals surface area contributed by atoms with Crippen molar-refractivity contribution in [1.82, 2.24) is 15.1 Å². The number of nitrogens with zero attached hydrogens (tertiary/aromatic N) is 2. The Morgan fingerprint density at radius 1 is 1.07 bits per heavy atom. The summed E-state index contributed by atoms with van der Waals surface area (Å²) in [7, 11) is 0. The zero-order chi connectivity index (χ0) is 20.6. The number of benzene rings is 2. The molecule has 2 aromatic carbocycles. The summed E-state index contributed by atoms with van der Waals surface area (Å²) in [5, 5.41) is 6.98. The molecule has 0 unspecified atom stereocenters. The van der Waals surface area contributed by atoms with Gasteiger partial charge >= 0.3 is 0 Å². The number of nitrogens with one attached hydrogen (secondary N) is 1. The minimum Gasteiger partial charge on any atom is -0.484 e. The average Bonchev–Trinajstić information content (AvgIpc) is 2.74. The SMILES string of the molecule is CCc1ccc(OCC(=O)NCCn2nc(-c3ccc(F)cc3)ccc2=O)cc1. The largest absolute Gasteiger partial charge is 0.484 e. The number of hydrogen-bond acceptors (Lipinski definition) is 4. The maximum absolute atomic E-state index is 13.1. The molecule has 1 amide bonds. The highest BCUT2D eigenvalue weighted by Gasteiger charge is 2.06. The van der Waals surface area contributed by atoms with E-state index in [-0.39, 0.29) is 37.0 Å². The number of aromatic nitrogens is 2. The number of carbonyl (C=O) groups is 1. The van der Waals surface area contributed by atoms with E-state index in [0.717, 1.165) is 6.42 Å². The van der Waals surface area contributed by atoms with Crippen LogP contribution in [0.15, 0.2) is 65.5 Å². The third-order valence-corrected chi connectivity index (χ3v) is 4.35. The van der Waals surface area contributed by atoms with Gasteiger partial charge in [0.2, 0.25) is 0 Å². The van der Waals surface area contributed by atoms with Crippen LogP contribution in [-0.2, 0) is 17.8 Å². The zero-order valence-electron chi connectivity index (χ0n) is 16.1. The third kappa shape index (κ3) is 5.75. The van der Waals surface area contributed by atoms with E-state index in [1.807, 2.05) is 24.3 Å². The second-order valence-corrected chi connectivity index (χ2v) is 6.42. The summed E-state index contributed by atoms with van der Waals surface area (Å²) in [6, 6.07) is 16.4. The van der Waals surface area contributed by atoms with Gasteiger partial charge < -0.3 is 10.1 Å². The molecule has 0 fully saturated rings. The second-order valence-electron chi connectivity index (χ2n) is 6.42. The first-order valence-electron chi connectivity index (χ1n) is 9.37. The van der Waals surface area contributed by atoms with Crippen LogP contribution in [0.3, 0.4) is 0 Å². The van der Waals surface area contributed by atoms with Crippen molar-refractivity contribution < 1.29 is 13.9 Å². The Hall–Kier alpha value is -3.48. The lowest BCUT2D eigenvalue weighted by atomic mass is 10.1. The van der Waals surface area contributed by atoms with E-state index < -0.39 is 0 Å². The molecule has 1 N–H and O–H groups in total. The van der Waals surface area contributed by atoms with E-state index in [9.17, 15) is 14.0 Å². The second kappa shape index (κ2) is 9.64. The number of rotatable bonds is 8. The fourth-order valence-electron chi connectivity index (χ4n) is 2.71. The quantitative estimate of drug-likeness (QED) is 0.637. The first-order chi connectivity index (χ1) is 14.0. The van der Waals surface area contributed by atoms with E-state index in [4.69, 9.17) is 4.74 Å². The van der Waals surface area contributed by atoms with Crippen molar-refractivity contribution in [2.45, 2.75) is 19.9 Å². The predicted octanol–water partition coefficient (Wildman–Crippen LogP) is 2.81. The summed E-state index contributed by atoms with van der Waals surface area (Å²) in [4.78, 5) is 24.0. The lowest BCUT2D eigenvalue weighted by Crippen LogP contribution is -2.34. The molecule has 0 aliphatic rings. The Labute approximate surface area is 168 Å². The first-order valence-corrected chi connectivity index (χ1v) is 9.37. The number of halogens is 1. The zero-order valence-corrected chi connectivity index (χ0v) is 16.1. The molecular weight excluding hydrogens is 373 g/mol. The Balaban J connectivity index is 1.51. The molecule has 150 valence electrons. The van der Waals surface area contributed by atoms with Crippen LogP contribution >= 0.6 is 0 Å². The third-order valence-electron chi connectivity index (χ3n) is 4.35. The molecule has 0 atom stereocenters. The van der Waals surface area contributed by atoms with Crippen LogP contribution in [0, 0.1) is 5.82 Å². The van der Waals surface area contributed by atoms with Gasteiger partial charge in [0.25, 0.3) is 11.5 Å². The van der Waals surface area contributed by atoms with Crippen LogP contribution in [0.2, 0.25) is 0 Å². The fourth-order valence-corrected chi connectivity index (χ4v) is 2.71. The highest BCUT2D eigenvalue weighted by molar-refractivity contribution is 5.77. The lowest BCUT2D eigenvalue weighted by Gasteiger charge is -2.10. The highest BCUT2D eigenvalue weighted by atomic mass is 19.1. The summed E-state index contributed by atoms with van der Waals surface area (Å²) in [6.07, 6.45) is 0.941. The van der Waals surface area contributed by atoms with Crippen LogP contribution in [0.5, 0.6) is 5.75 Å². The van der Waals surface area contributed by atoms with Crippen molar-refractivity contribution in [2.75, 3.05) is 13.2 Å². The lowest BCUT2D eigenvalue weighted by molar-refractivity contribution is -0.123. The number of ether oxygens (including phenoxy) is 1. The Kier molecular flexibility index (Phi) is 6.73. The average molecular weight is 395 g/mol. The van der Waals surface area contributed by atoms with Gasteiger partial charge in [-0.15, -0.1) is 0 Å². The van der Waals surface area contributed by atoms with Crippen LogP contribution < -0.4 is 15.6 Å². The monoisotopic (exact) mass is 395 g/mol. The maximum atomic E-state index is 13.1.